The standard InChI is InChI=1S/C19H20FN3O2/c1-19(25-2,15-5-3-4-6-16(15)20)18(24)21-10-9-13-7-8-17-14(11-13)12-22-23-17/h3-8,11-12H,9-10H2,1-2H3,(H,21,24)(H,22,23)/t19-/m1/s1. The van der Waals surface area contributed by atoms with Crippen molar-refractivity contribution in [2.45, 2.75) is 18.9 Å². The van der Waals surface area contributed by atoms with E-state index in [2.05, 4.69) is 15.5 Å². The average Bonchev–Trinajstić information content (AvgIpc) is 3.09. The van der Waals surface area contributed by atoms with Crippen molar-refractivity contribution in [2.75, 3.05) is 13.7 Å². The van der Waals surface area contributed by atoms with Crippen LogP contribution in [0.1, 0.15) is 18.1 Å². The third kappa shape index (κ3) is 3.39. The van der Waals surface area contributed by atoms with Crippen molar-refractivity contribution in [1.29, 1.82) is 0 Å². The Bertz CT molecular complexity index is 893. The molecule has 1 heterocycles. The molecule has 5 nitrogen and oxygen atoms in total. The van der Waals surface area contributed by atoms with E-state index in [0.29, 0.717) is 13.0 Å². The molecule has 0 spiro atoms. The average molecular weight is 341 g/mol. The van der Waals surface area contributed by atoms with Crippen molar-refractivity contribution >= 4 is 16.8 Å². The molecular formula is C19H20FN3O2. The van der Waals surface area contributed by atoms with Gasteiger partial charge in [0.2, 0.25) is 0 Å². The molecule has 0 aliphatic rings. The molecule has 0 saturated carbocycles. The fourth-order valence-corrected chi connectivity index (χ4v) is 2.81. The van der Waals surface area contributed by atoms with Crippen LogP contribution in [0.15, 0.2) is 48.7 Å². The summed E-state index contributed by atoms with van der Waals surface area (Å²) in [6.45, 7) is 1.99. The lowest BCUT2D eigenvalue weighted by Crippen LogP contribution is -2.44. The number of hydrogen-bond donors (Lipinski definition) is 2. The van der Waals surface area contributed by atoms with Crippen molar-refractivity contribution in [2.24, 2.45) is 0 Å². The lowest BCUT2D eigenvalue weighted by Gasteiger charge is -2.27. The van der Waals surface area contributed by atoms with Crippen molar-refractivity contribution in [3.63, 3.8) is 0 Å². The molecule has 0 radical (unpaired) electrons. The Labute approximate surface area is 145 Å². The quantitative estimate of drug-likeness (QED) is 0.724. The molecule has 2 N–H and O–H groups in total. The number of nitrogens with zero attached hydrogens (tertiary/aromatic N) is 1. The van der Waals surface area contributed by atoms with E-state index in [1.807, 2.05) is 18.2 Å². The maximum Gasteiger partial charge on any atom is 0.256 e. The minimum Gasteiger partial charge on any atom is -0.364 e. The highest BCUT2D eigenvalue weighted by Gasteiger charge is 2.37. The van der Waals surface area contributed by atoms with E-state index < -0.39 is 11.4 Å². The number of H-pyrrole nitrogens is 1. The molecule has 0 bridgehead atoms. The topological polar surface area (TPSA) is 67.0 Å². The number of carbonyl (C=O) groups is 1. The summed E-state index contributed by atoms with van der Waals surface area (Å²) >= 11 is 0. The van der Waals surface area contributed by atoms with E-state index in [4.69, 9.17) is 4.74 Å². The van der Waals surface area contributed by atoms with Gasteiger partial charge < -0.3 is 10.1 Å². The Hall–Kier alpha value is -2.73. The monoisotopic (exact) mass is 341 g/mol. The number of aromatic amines is 1. The molecule has 0 aliphatic heterocycles. The summed E-state index contributed by atoms with van der Waals surface area (Å²) in [6, 6.07) is 12.1. The van der Waals surface area contributed by atoms with E-state index in [0.717, 1.165) is 16.5 Å². The van der Waals surface area contributed by atoms with Gasteiger partial charge in [0, 0.05) is 24.6 Å². The molecule has 0 saturated heterocycles. The maximum absolute atomic E-state index is 14.1. The Morgan fingerprint density at radius 2 is 2.12 bits per heavy atom. The Kier molecular flexibility index (Phi) is 4.81. The Morgan fingerprint density at radius 3 is 2.88 bits per heavy atom. The highest BCUT2D eigenvalue weighted by molar-refractivity contribution is 5.86. The zero-order valence-corrected chi connectivity index (χ0v) is 14.2. The number of carbonyl (C=O) groups excluding carboxylic acids is 1. The van der Waals surface area contributed by atoms with Gasteiger partial charge in [0.15, 0.2) is 5.60 Å². The van der Waals surface area contributed by atoms with Crippen molar-refractivity contribution in [3.05, 3.63) is 65.6 Å². The second-order valence-electron chi connectivity index (χ2n) is 6.01. The van der Waals surface area contributed by atoms with Crippen LogP contribution in [0.3, 0.4) is 0 Å². The van der Waals surface area contributed by atoms with Crippen molar-refractivity contribution in [3.8, 4) is 0 Å². The molecule has 1 amide bonds. The first-order chi connectivity index (χ1) is 12.0. The van der Waals surface area contributed by atoms with Gasteiger partial charge >= 0.3 is 0 Å². The lowest BCUT2D eigenvalue weighted by atomic mass is 9.94. The molecule has 6 heteroatoms. The first kappa shape index (κ1) is 17.1. The molecule has 1 atom stereocenters. The second kappa shape index (κ2) is 7.03. The number of rotatable bonds is 6. The molecule has 0 aliphatic carbocycles. The fourth-order valence-electron chi connectivity index (χ4n) is 2.81. The van der Waals surface area contributed by atoms with Gasteiger partial charge in [-0.3, -0.25) is 9.89 Å². The number of ether oxygens (including phenoxy) is 1. The van der Waals surface area contributed by atoms with Gasteiger partial charge in [-0.1, -0.05) is 24.3 Å². The van der Waals surface area contributed by atoms with Crippen LogP contribution in [0.2, 0.25) is 0 Å². The van der Waals surface area contributed by atoms with Gasteiger partial charge in [0.05, 0.1) is 11.7 Å². The van der Waals surface area contributed by atoms with Gasteiger partial charge in [0.25, 0.3) is 5.91 Å². The normalized spacial score (nSPS) is 13.6. The first-order valence-electron chi connectivity index (χ1n) is 8.05. The predicted molar refractivity (Wildman–Crippen MR) is 93.6 cm³/mol. The number of amides is 1. The van der Waals surface area contributed by atoms with E-state index in [1.54, 1.807) is 31.3 Å². The molecule has 1 aromatic heterocycles. The van der Waals surface area contributed by atoms with Crippen LogP contribution in [0.4, 0.5) is 4.39 Å². The van der Waals surface area contributed by atoms with Gasteiger partial charge in [-0.15, -0.1) is 0 Å². The molecule has 130 valence electrons. The highest BCUT2D eigenvalue weighted by Crippen LogP contribution is 2.27. The predicted octanol–water partition coefficient (Wildman–Crippen LogP) is 2.92. The molecule has 25 heavy (non-hydrogen) atoms. The summed E-state index contributed by atoms with van der Waals surface area (Å²) in [5.74, 6) is -0.836. The molecule has 3 rings (SSSR count). The van der Waals surface area contributed by atoms with Gasteiger partial charge in [-0.25, -0.2) is 4.39 Å². The van der Waals surface area contributed by atoms with Crippen LogP contribution in [0.5, 0.6) is 0 Å². The summed E-state index contributed by atoms with van der Waals surface area (Å²) in [5, 5.41) is 10.8. The minimum absolute atomic E-state index is 0.217. The number of fused-ring (bicyclic) bond motifs is 1. The number of benzene rings is 2. The summed E-state index contributed by atoms with van der Waals surface area (Å²) in [5.41, 5.74) is 0.896. The molecule has 2 aromatic carbocycles. The second-order valence-corrected chi connectivity index (χ2v) is 6.01. The van der Waals surface area contributed by atoms with Crippen LogP contribution in [-0.4, -0.2) is 29.8 Å². The van der Waals surface area contributed by atoms with Gasteiger partial charge in [0.1, 0.15) is 5.82 Å². The molecule has 0 unspecified atom stereocenters. The van der Waals surface area contributed by atoms with Gasteiger partial charge in [-0.2, -0.15) is 5.10 Å². The van der Waals surface area contributed by atoms with E-state index in [1.165, 1.54) is 13.2 Å². The molecule has 0 fully saturated rings. The number of methoxy groups -OCH3 is 1. The number of nitrogens with one attached hydrogen (secondary N) is 2. The van der Waals surface area contributed by atoms with E-state index in [9.17, 15) is 9.18 Å². The maximum atomic E-state index is 14.1. The van der Waals surface area contributed by atoms with Crippen LogP contribution < -0.4 is 5.32 Å². The Morgan fingerprint density at radius 1 is 1.32 bits per heavy atom. The van der Waals surface area contributed by atoms with E-state index >= 15 is 0 Å². The van der Waals surface area contributed by atoms with Crippen LogP contribution in [-0.2, 0) is 21.6 Å². The summed E-state index contributed by atoms with van der Waals surface area (Å²) in [7, 11) is 1.40. The summed E-state index contributed by atoms with van der Waals surface area (Å²) in [6.07, 6.45) is 2.42. The van der Waals surface area contributed by atoms with Crippen LogP contribution in [0.25, 0.3) is 10.9 Å². The largest absolute Gasteiger partial charge is 0.364 e. The Balaban J connectivity index is 1.67. The van der Waals surface area contributed by atoms with Crippen LogP contribution in [0, 0.1) is 5.82 Å². The number of hydrogen-bond acceptors (Lipinski definition) is 3. The SMILES string of the molecule is CO[C@@](C)(C(=O)NCCc1ccc2[nH]ncc2c1)c1ccccc1F. The van der Waals surface area contributed by atoms with E-state index in [-0.39, 0.29) is 11.5 Å². The number of halogens is 1. The highest BCUT2D eigenvalue weighted by atomic mass is 19.1. The smallest absolute Gasteiger partial charge is 0.256 e. The molecule has 3 aromatic rings. The first-order valence-corrected chi connectivity index (χ1v) is 8.05. The number of aromatic nitrogens is 2. The summed E-state index contributed by atoms with van der Waals surface area (Å²) in [4.78, 5) is 12.6. The van der Waals surface area contributed by atoms with Crippen LogP contribution >= 0.6 is 0 Å². The zero-order chi connectivity index (χ0) is 17.9. The van der Waals surface area contributed by atoms with Crippen molar-refractivity contribution < 1.29 is 13.9 Å². The zero-order valence-electron chi connectivity index (χ0n) is 14.2. The van der Waals surface area contributed by atoms with Gasteiger partial charge in [-0.05, 0) is 37.1 Å². The fraction of sp³-hybridized carbons (Fsp3) is 0.263. The minimum atomic E-state index is -1.38. The summed E-state index contributed by atoms with van der Waals surface area (Å²) < 4.78 is 19.4. The third-order valence-corrected chi connectivity index (χ3v) is 4.43. The van der Waals surface area contributed by atoms with Crippen molar-refractivity contribution in [1.82, 2.24) is 15.5 Å². The third-order valence-electron chi connectivity index (χ3n) is 4.43. The lowest BCUT2D eigenvalue weighted by molar-refractivity contribution is -0.142. The molecular weight excluding hydrogens is 321 g/mol.